The van der Waals surface area contributed by atoms with E-state index in [1.54, 1.807) is 0 Å². The number of carbonyl (C=O) groups excluding carboxylic acids is 1. The molecule has 0 N–H and O–H groups in total. The number of esters is 1. The molecule has 9 heteroatoms. The van der Waals surface area contributed by atoms with Crippen molar-refractivity contribution in [2.75, 3.05) is 7.11 Å². The van der Waals surface area contributed by atoms with Crippen molar-refractivity contribution in [3.05, 3.63) is 28.8 Å². The fraction of sp³-hybridized carbons (Fsp3) is 0.273. The quantitative estimate of drug-likeness (QED) is 0.635. The van der Waals surface area contributed by atoms with Crippen molar-refractivity contribution < 1.29 is 36.2 Å². The van der Waals surface area contributed by atoms with Crippen LogP contribution < -0.4 is 4.74 Å². The SMILES string of the molecule is COC(=O)c1c(C#N)ccc(OC(F)F)c1C(F)(F)F. The van der Waals surface area contributed by atoms with Gasteiger partial charge in [0.2, 0.25) is 0 Å². The number of carbonyl (C=O) groups is 1. The van der Waals surface area contributed by atoms with Gasteiger partial charge in [-0.25, -0.2) is 4.79 Å². The third-order valence-corrected chi connectivity index (χ3v) is 2.18. The van der Waals surface area contributed by atoms with E-state index in [9.17, 15) is 26.7 Å². The Balaban J connectivity index is 3.67. The number of methoxy groups -OCH3 is 1. The lowest BCUT2D eigenvalue weighted by molar-refractivity contribution is -0.142. The molecule has 0 saturated heterocycles. The predicted octanol–water partition coefficient (Wildman–Crippen LogP) is 2.97. The van der Waals surface area contributed by atoms with E-state index in [0.717, 1.165) is 13.2 Å². The number of hydrogen-bond acceptors (Lipinski definition) is 4. The van der Waals surface area contributed by atoms with Crippen molar-refractivity contribution in [2.24, 2.45) is 0 Å². The number of ether oxygens (including phenoxy) is 2. The zero-order chi connectivity index (χ0) is 15.5. The van der Waals surface area contributed by atoms with Crippen molar-refractivity contribution in [3.8, 4) is 11.8 Å². The second-order valence-corrected chi connectivity index (χ2v) is 3.34. The highest BCUT2D eigenvalue weighted by Crippen LogP contribution is 2.40. The maximum atomic E-state index is 12.9. The monoisotopic (exact) mass is 295 g/mol. The average Bonchev–Trinajstić information content (AvgIpc) is 2.35. The van der Waals surface area contributed by atoms with Crippen LogP contribution in [-0.4, -0.2) is 19.7 Å². The smallest absolute Gasteiger partial charge is 0.420 e. The molecule has 0 aromatic heterocycles. The first kappa shape index (κ1) is 15.7. The third kappa shape index (κ3) is 3.14. The minimum Gasteiger partial charge on any atom is -0.465 e. The van der Waals surface area contributed by atoms with Gasteiger partial charge in [0.25, 0.3) is 0 Å². The zero-order valence-corrected chi connectivity index (χ0v) is 9.79. The zero-order valence-electron chi connectivity index (χ0n) is 9.79. The van der Waals surface area contributed by atoms with Gasteiger partial charge < -0.3 is 9.47 Å². The van der Waals surface area contributed by atoms with E-state index in [2.05, 4.69) is 9.47 Å². The van der Waals surface area contributed by atoms with Crippen molar-refractivity contribution >= 4 is 5.97 Å². The van der Waals surface area contributed by atoms with Gasteiger partial charge in [0, 0.05) is 0 Å². The number of nitriles is 1. The molecule has 0 unspecified atom stereocenters. The molecule has 0 spiro atoms. The number of nitrogens with zero attached hydrogens (tertiary/aromatic N) is 1. The summed E-state index contributed by atoms with van der Waals surface area (Å²) in [7, 11) is 0.796. The Hall–Kier alpha value is -2.37. The molecule has 0 bridgehead atoms. The van der Waals surface area contributed by atoms with Crippen molar-refractivity contribution in [1.82, 2.24) is 0 Å². The highest BCUT2D eigenvalue weighted by molar-refractivity contribution is 5.95. The summed E-state index contributed by atoms with van der Waals surface area (Å²) in [5, 5.41) is 8.71. The third-order valence-electron chi connectivity index (χ3n) is 2.18. The molecule has 0 radical (unpaired) electrons. The van der Waals surface area contributed by atoms with Gasteiger partial charge in [-0.1, -0.05) is 0 Å². The molecule has 1 aromatic carbocycles. The van der Waals surface area contributed by atoms with E-state index in [4.69, 9.17) is 5.26 Å². The topological polar surface area (TPSA) is 59.3 Å². The minimum absolute atomic E-state index is 0.542. The molecule has 108 valence electrons. The average molecular weight is 295 g/mol. The van der Waals surface area contributed by atoms with Crippen LogP contribution in [0.2, 0.25) is 0 Å². The van der Waals surface area contributed by atoms with E-state index < -0.39 is 41.2 Å². The Morgan fingerprint density at radius 2 is 1.95 bits per heavy atom. The lowest BCUT2D eigenvalue weighted by Crippen LogP contribution is -2.19. The number of rotatable bonds is 3. The van der Waals surface area contributed by atoms with Crippen LogP contribution in [0.3, 0.4) is 0 Å². The van der Waals surface area contributed by atoms with Gasteiger partial charge in [0.05, 0.1) is 18.2 Å². The van der Waals surface area contributed by atoms with Crippen LogP contribution in [-0.2, 0) is 10.9 Å². The number of hydrogen-bond donors (Lipinski definition) is 0. The molecule has 0 atom stereocenters. The Labute approximate surface area is 109 Å². The van der Waals surface area contributed by atoms with Crippen molar-refractivity contribution in [2.45, 2.75) is 12.8 Å². The van der Waals surface area contributed by atoms with Gasteiger partial charge in [-0.3, -0.25) is 0 Å². The molecule has 20 heavy (non-hydrogen) atoms. The molecular weight excluding hydrogens is 289 g/mol. The first-order valence-electron chi connectivity index (χ1n) is 4.89. The molecule has 0 saturated carbocycles. The molecule has 4 nitrogen and oxygen atoms in total. The van der Waals surface area contributed by atoms with E-state index in [0.29, 0.717) is 6.07 Å². The molecule has 0 aliphatic carbocycles. The minimum atomic E-state index is -5.18. The highest BCUT2D eigenvalue weighted by Gasteiger charge is 2.41. The fourth-order valence-corrected chi connectivity index (χ4v) is 1.47. The summed E-state index contributed by atoms with van der Waals surface area (Å²) >= 11 is 0. The Morgan fingerprint density at radius 1 is 1.35 bits per heavy atom. The van der Waals surface area contributed by atoms with Gasteiger partial charge in [-0.2, -0.15) is 27.2 Å². The Bertz CT molecular complexity index is 562. The van der Waals surface area contributed by atoms with E-state index in [1.807, 2.05) is 0 Å². The van der Waals surface area contributed by atoms with Gasteiger partial charge >= 0.3 is 18.8 Å². The van der Waals surface area contributed by atoms with Gasteiger partial charge in [0.15, 0.2) is 0 Å². The van der Waals surface area contributed by atoms with Gasteiger partial charge in [-0.15, -0.1) is 0 Å². The standard InChI is InChI=1S/C11H6F5NO3/c1-19-9(18)7-5(4-17)2-3-6(20-10(12)13)8(7)11(14,15)16/h2-3,10H,1H3. The largest absolute Gasteiger partial charge is 0.465 e. The summed E-state index contributed by atoms with van der Waals surface area (Å²) in [6.07, 6.45) is -5.18. The first-order valence-corrected chi connectivity index (χ1v) is 4.89. The van der Waals surface area contributed by atoms with Crippen molar-refractivity contribution in [3.63, 3.8) is 0 Å². The fourth-order valence-electron chi connectivity index (χ4n) is 1.47. The number of benzene rings is 1. The van der Waals surface area contributed by atoms with Crippen LogP contribution in [0, 0.1) is 11.3 Å². The summed E-state index contributed by atoms with van der Waals surface area (Å²) in [6.45, 7) is -3.52. The van der Waals surface area contributed by atoms with Crippen LogP contribution in [0.4, 0.5) is 22.0 Å². The lowest BCUT2D eigenvalue weighted by atomic mass is 10.00. The Kier molecular flexibility index (Phi) is 4.49. The summed E-state index contributed by atoms with van der Waals surface area (Å²) < 4.78 is 70.9. The van der Waals surface area contributed by atoms with Gasteiger partial charge in [0.1, 0.15) is 17.4 Å². The number of alkyl halides is 5. The maximum absolute atomic E-state index is 12.9. The van der Waals surface area contributed by atoms with Crippen LogP contribution in [0.5, 0.6) is 5.75 Å². The molecule has 0 heterocycles. The van der Waals surface area contributed by atoms with E-state index in [1.165, 1.54) is 6.07 Å². The Morgan fingerprint density at radius 3 is 2.35 bits per heavy atom. The molecule has 0 fully saturated rings. The number of halogens is 5. The molecule has 0 aliphatic rings. The van der Waals surface area contributed by atoms with Crippen LogP contribution in [0.15, 0.2) is 12.1 Å². The second-order valence-electron chi connectivity index (χ2n) is 3.34. The van der Waals surface area contributed by atoms with Crippen LogP contribution in [0.1, 0.15) is 21.5 Å². The van der Waals surface area contributed by atoms with Crippen molar-refractivity contribution in [1.29, 1.82) is 5.26 Å². The lowest BCUT2D eigenvalue weighted by Gasteiger charge is -2.17. The van der Waals surface area contributed by atoms with Crippen LogP contribution >= 0.6 is 0 Å². The van der Waals surface area contributed by atoms with E-state index >= 15 is 0 Å². The summed E-state index contributed by atoms with van der Waals surface area (Å²) in [6, 6.07) is 2.66. The van der Waals surface area contributed by atoms with Gasteiger partial charge in [-0.05, 0) is 12.1 Å². The molecule has 0 aliphatic heterocycles. The predicted molar refractivity (Wildman–Crippen MR) is 54.1 cm³/mol. The maximum Gasteiger partial charge on any atom is 0.420 e. The molecule has 1 aromatic rings. The van der Waals surface area contributed by atoms with E-state index in [-0.39, 0.29) is 0 Å². The summed E-state index contributed by atoms with van der Waals surface area (Å²) in [5.74, 6) is -2.74. The highest BCUT2D eigenvalue weighted by atomic mass is 19.4. The van der Waals surface area contributed by atoms with Crippen LogP contribution in [0.25, 0.3) is 0 Å². The second kappa shape index (κ2) is 5.73. The first-order chi connectivity index (χ1) is 9.22. The molecular formula is C11H6F5NO3. The summed E-state index contributed by atoms with van der Waals surface area (Å²) in [4.78, 5) is 11.4. The normalized spacial score (nSPS) is 11.1. The molecule has 0 amide bonds. The summed E-state index contributed by atoms with van der Waals surface area (Å²) in [5.41, 5.74) is -3.60. The molecule has 1 rings (SSSR count).